The summed E-state index contributed by atoms with van der Waals surface area (Å²) in [6, 6.07) is 11.5. The van der Waals surface area contributed by atoms with Crippen LogP contribution in [-0.4, -0.2) is 30.0 Å². The minimum atomic E-state index is -0.627. The second-order valence-corrected chi connectivity index (χ2v) is 5.86. The lowest BCUT2D eigenvalue weighted by Crippen LogP contribution is -2.20. The van der Waals surface area contributed by atoms with E-state index in [1.54, 1.807) is 7.11 Å². The molecule has 0 amide bonds. The topological polar surface area (TPSA) is 98.8 Å². The van der Waals surface area contributed by atoms with Gasteiger partial charge in [0.15, 0.2) is 0 Å². The van der Waals surface area contributed by atoms with E-state index in [4.69, 9.17) is 4.74 Å². The molecule has 2 aromatic carbocycles. The third-order valence-electron chi connectivity index (χ3n) is 4.47. The van der Waals surface area contributed by atoms with Gasteiger partial charge in [-0.15, -0.1) is 0 Å². The van der Waals surface area contributed by atoms with E-state index < -0.39 is 9.85 Å². The van der Waals surface area contributed by atoms with Gasteiger partial charge in [0, 0.05) is 25.1 Å². The smallest absolute Gasteiger partial charge is 0.299 e. The Kier molecular flexibility index (Phi) is 4.51. The number of nitro benzene ring substituents is 2. The van der Waals surface area contributed by atoms with Gasteiger partial charge in [-0.25, -0.2) is 0 Å². The molecule has 8 nitrogen and oxygen atoms in total. The molecule has 0 saturated carbocycles. The predicted molar refractivity (Wildman–Crippen MR) is 92.3 cm³/mol. The number of methoxy groups -OCH3 is 1. The molecule has 2 aromatic rings. The van der Waals surface area contributed by atoms with E-state index in [1.165, 1.54) is 12.1 Å². The molecule has 0 aliphatic carbocycles. The van der Waals surface area contributed by atoms with E-state index in [2.05, 4.69) is 0 Å². The van der Waals surface area contributed by atoms with Gasteiger partial charge >= 0.3 is 0 Å². The van der Waals surface area contributed by atoms with E-state index >= 15 is 0 Å². The fourth-order valence-corrected chi connectivity index (χ4v) is 3.28. The molecule has 1 aliphatic rings. The predicted octanol–water partition coefficient (Wildman–Crippen LogP) is 3.51. The van der Waals surface area contributed by atoms with Crippen LogP contribution in [0.25, 0.3) is 0 Å². The minimum Gasteiger partial charge on any atom is -0.496 e. The maximum Gasteiger partial charge on any atom is 0.299 e. The fourth-order valence-electron chi connectivity index (χ4n) is 3.28. The minimum absolute atomic E-state index is 0.186. The van der Waals surface area contributed by atoms with E-state index in [0.29, 0.717) is 18.8 Å². The first-order valence-electron chi connectivity index (χ1n) is 7.82. The lowest BCUT2D eigenvalue weighted by molar-refractivity contribution is -0.393. The van der Waals surface area contributed by atoms with E-state index in [1.807, 2.05) is 29.2 Å². The highest BCUT2D eigenvalue weighted by atomic mass is 16.6. The van der Waals surface area contributed by atoms with Gasteiger partial charge in [-0.05, 0) is 24.1 Å². The van der Waals surface area contributed by atoms with Crippen molar-refractivity contribution in [1.29, 1.82) is 0 Å². The van der Waals surface area contributed by atoms with E-state index in [0.717, 1.165) is 23.8 Å². The number of hydrogen-bond donors (Lipinski definition) is 0. The van der Waals surface area contributed by atoms with Crippen LogP contribution in [0, 0.1) is 20.2 Å². The van der Waals surface area contributed by atoms with Gasteiger partial charge in [-0.1, -0.05) is 18.2 Å². The molecule has 0 N–H and O–H groups in total. The van der Waals surface area contributed by atoms with Crippen molar-refractivity contribution in [1.82, 2.24) is 0 Å². The van der Waals surface area contributed by atoms with Crippen LogP contribution >= 0.6 is 0 Å². The van der Waals surface area contributed by atoms with Crippen molar-refractivity contribution in [3.63, 3.8) is 0 Å². The number of rotatable bonds is 5. The average Bonchev–Trinajstić information content (AvgIpc) is 3.10. The van der Waals surface area contributed by atoms with Crippen molar-refractivity contribution in [2.45, 2.75) is 12.3 Å². The Morgan fingerprint density at radius 2 is 1.88 bits per heavy atom. The highest BCUT2D eigenvalue weighted by Crippen LogP contribution is 2.39. The molecule has 0 radical (unpaired) electrons. The van der Waals surface area contributed by atoms with Gasteiger partial charge < -0.3 is 9.64 Å². The van der Waals surface area contributed by atoms with Crippen molar-refractivity contribution in [3.05, 3.63) is 68.3 Å². The summed E-state index contributed by atoms with van der Waals surface area (Å²) in [6.07, 6.45) is 0.828. The van der Waals surface area contributed by atoms with Crippen molar-refractivity contribution in [3.8, 4) is 5.75 Å². The van der Waals surface area contributed by atoms with Gasteiger partial charge in [0.1, 0.15) is 11.4 Å². The molecule has 1 atom stereocenters. The summed E-state index contributed by atoms with van der Waals surface area (Å²) in [4.78, 5) is 22.9. The van der Waals surface area contributed by atoms with Gasteiger partial charge in [0.25, 0.3) is 11.4 Å². The normalized spacial score (nSPS) is 16.7. The highest BCUT2D eigenvalue weighted by Gasteiger charge is 2.31. The molecule has 1 fully saturated rings. The molecular weight excluding hydrogens is 326 g/mol. The molecule has 1 unspecified atom stereocenters. The Morgan fingerprint density at radius 3 is 2.56 bits per heavy atom. The van der Waals surface area contributed by atoms with Crippen molar-refractivity contribution in [2.24, 2.45) is 0 Å². The molecule has 1 aliphatic heterocycles. The third-order valence-corrected chi connectivity index (χ3v) is 4.47. The molecule has 0 bridgehead atoms. The first-order chi connectivity index (χ1) is 12.0. The second-order valence-electron chi connectivity index (χ2n) is 5.86. The molecule has 8 heteroatoms. The number of benzene rings is 2. The average molecular weight is 343 g/mol. The van der Waals surface area contributed by atoms with Gasteiger partial charge in [0.05, 0.1) is 23.0 Å². The largest absolute Gasteiger partial charge is 0.496 e. The summed E-state index contributed by atoms with van der Waals surface area (Å²) in [5.74, 6) is 0.985. The van der Waals surface area contributed by atoms with Crippen LogP contribution in [0.5, 0.6) is 5.75 Å². The molecular formula is C17H17N3O5. The molecule has 1 heterocycles. The summed E-state index contributed by atoms with van der Waals surface area (Å²) in [7, 11) is 1.62. The van der Waals surface area contributed by atoms with Crippen molar-refractivity contribution < 1.29 is 14.6 Å². The number of anilines is 1. The Balaban J connectivity index is 1.89. The number of ether oxygens (including phenoxy) is 1. The first kappa shape index (κ1) is 16.7. The highest BCUT2D eigenvalue weighted by molar-refractivity contribution is 5.67. The molecule has 25 heavy (non-hydrogen) atoms. The summed E-state index contributed by atoms with van der Waals surface area (Å²) in [5.41, 5.74) is 0.955. The van der Waals surface area contributed by atoms with Crippen molar-refractivity contribution >= 4 is 17.1 Å². The van der Waals surface area contributed by atoms with Crippen LogP contribution in [0.4, 0.5) is 17.1 Å². The van der Waals surface area contributed by atoms with E-state index in [-0.39, 0.29) is 17.3 Å². The zero-order chi connectivity index (χ0) is 18.0. The van der Waals surface area contributed by atoms with Crippen LogP contribution in [0.2, 0.25) is 0 Å². The Labute approximate surface area is 143 Å². The van der Waals surface area contributed by atoms with Gasteiger partial charge in [0.2, 0.25) is 0 Å². The van der Waals surface area contributed by atoms with Crippen LogP contribution in [0.3, 0.4) is 0 Å². The molecule has 0 aromatic heterocycles. The number of non-ortho nitro benzene ring substituents is 1. The Hall–Kier alpha value is -3.16. The van der Waals surface area contributed by atoms with Gasteiger partial charge in [-0.2, -0.15) is 0 Å². The third kappa shape index (κ3) is 3.23. The Morgan fingerprint density at radius 1 is 1.12 bits per heavy atom. The number of hydrogen-bond acceptors (Lipinski definition) is 6. The summed E-state index contributed by atoms with van der Waals surface area (Å²) < 4.78 is 5.40. The fraction of sp³-hybridized carbons (Fsp3) is 0.294. The second kappa shape index (κ2) is 6.76. The molecule has 130 valence electrons. The lowest BCUT2D eigenvalue weighted by atomic mass is 9.97. The van der Waals surface area contributed by atoms with Crippen LogP contribution in [0.15, 0.2) is 42.5 Å². The number of nitro groups is 2. The maximum absolute atomic E-state index is 11.3. The summed E-state index contributed by atoms with van der Waals surface area (Å²) >= 11 is 0. The molecule has 0 spiro atoms. The zero-order valence-electron chi connectivity index (χ0n) is 13.6. The number of para-hydroxylation sites is 1. The van der Waals surface area contributed by atoms with Crippen LogP contribution < -0.4 is 9.64 Å². The van der Waals surface area contributed by atoms with Crippen LogP contribution in [-0.2, 0) is 0 Å². The number of nitrogens with zero attached hydrogens (tertiary/aromatic N) is 3. The molecule has 3 rings (SSSR count). The van der Waals surface area contributed by atoms with E-state index in [9.17, 15) is 20.2 Å². The summed E-state index contributed by atoms with van der Waals surface area (Å²) in [6.45, 7) is 1.24. The zero-order valence-corrected chi connectivity index (χ0v) is 13.6. The van der Waals surface area contributed by atoms with Gasteiger partial charge in [-0.3, -0.25) is 20.2 Å². The molecule has 1 saturated heterocycles. The maximum atomic E-state index is 11.3. The lowest BCUT2D eigenvalue weighted by Gasteiger charge is -2.19. The van der Waals surface area contributed by atoms with Crippen molar-refractivity contribution in [2.75, 3.05) is 25.1 Å². The van der Waals surface area contributed by atoms with Crippen LogP contribution in [0.1, 0.15) is 17.9 Å². The first-order valence-corrected chi connectivity index (χ1v) is 7.82. The quantitative estimate of drug-likeness (QED) is 0.608. The Bertz CT molecular complexity index is 824. The monoisotopic (exact) mass is 343 g/mol. The SMILES string of the molecule is COc1ccccc1C1CCN(c2ccc([N+](=O)[O-])cc2[N+](=O)[O-])C1. The standard InChI is InChI=1S/C17H17N3O5/c1-25-17-5-3-2-4-14(17)12-8-9-18(11-12)15-7-6-13(19(21)22)10-16(15)20(23)24/h2-7,10,12H,8-9,11H2,1H3. The summed E-state index contributed by atoms with van der Waals surface area (Å²) in [5, 5.41) is 22.2.